The van der Waals surface area contributed by atoms with Gasteiger partial charge in [0.1, 0.15) is 5.37 Å². The Morgan fingerprint density at radius 3 is 2.80 bits per heavy atom. The van der Waals surface area contributed by atoms with E-state index in [1.807, 2.05) is 13.2 Å². The number of hydrogen-bond donors (Lipinski definition) is 0. The van der Waals surface area contributed by atoms with Crippen LogP contribution < -0.4 is 0 Å². The van der Waals surface area contributed by atoms with E-state index in [1.165, 1.54) is 35.7 Å². The van der Waals surface area contributed by atoms with Crippen LogP contribution in [0.4, 0.5) is 13.2 Å². The summed E-state index contributed by atoms with van der Waals surface area (Å²) < 4.78 is 37.8. The van der Waals surface area contributed by atoms with Crippen molar-refractivity contribution in [2.45, 2.75) is 36.8 Å². The van der Waals surface area contributed by atoms with Gasteiger partial charge in [-0.05, 0) is 24.8 Å². The van der Waals surface area contributed by atoms with Gasteiger partial charge in [0.05, 0.1) is 5.70 Å². The van der Waals surface area contributed by atoms with Gasteiger partial charge >= 0.3 is 6.36 Å². The van der Waals surface area contributed by atoms with E-state index in [2.05, 4.69) is 4.84 Å². The molecule has 0 saturated heterocycles. The summed E-state index contributed by atoms with van der Waals surface area (Å²) in [5.74, 6) is -0.0962. The van der Waals surface area contributed by atoms with Gasteiger partial charge in [-0.15, -0.1) is 13.2 Å². The predicted molar refractivity (Wildman–Crippen MR) is 73.7 cm³/mol. The largest absolute Gasteiger partial charge is 0.544 e. The lowest BCUT2D eigenvalue weighted by molar-refractivity contribution is -0.406. The molecule has 3 nitrogen and oxygen atoms in total. The van der Waals surface area contributed by atoms with Crippen LogP contribution in [0.1, 0.15) is 19.8 Å². The topological polar surface area (TPSA) is 29.5 Å². The molecule has 8 heteroatoms. The quantitative estimate of drug-likeness (QED) is 0.786. The molecule has 1 aliphatic carbocycles. The first kappa shape index (κ1) is 15.8. The Hall–Kier alpha value is -0.600. The minimum Gasteiger partial charge on any atom is -0.294 e. The highest BCUT2D eigenvalue weighted by Crippen LogP contribution is 2.47. The molecule has 0 N–H and O–H groups in total. The third-order valence-electron chi connectivity index (χ3n) is 3.00. The first-order valence-corrected chi connectivity index (χ1v) is 8.21. The second kappa shape index (κ2) is 6.03. The van der Waals surface area contributed by atoms with Gasteiger partial charge < -0.3 is 0 Å². The summed E-state index contributed by atoms with van der Waals surface area (Å²) in [4.78, 5) is 16.2. The first-order chi connectivity index (χ1) is 9.35. The number of hydrogen-bond acceptors (Lipinski definition) is 5. The zero-order chi connectivity index (χ0) is 14.9. The van der Waals surface area contributed by atoms with Gasteiger partial charge in [0.25, 0.3) is 0 Å². The zero-order valence-electron chi connectivity index (χ0n) is 10.9. The van der Waals surface area contributed by atoms with Crippen molar-refractivity contribution in [3.8, 4) is 0 Å². The number of hydroxylamine groups is 2. The lowest BCUT2D eigenvalue weighted by atomic mass is 10.1. The summed E-state index contributed by atoms with van der Waals surface area (Å²) in [5, 5.41) is 0.418. The highest BCUT2D eigenvalue weighted by atomic mass is 32.2. The highest BCUT2D eigenvalue weighted by molar-refractivity contribution is 8.06. The smallest absolute Gasteiger partial charge is 0.294 e. The summed E-state index contributed by atoms with van der Waals surface area (Å²) in [6.07, 6.45) is 0.692. The molecular formula is C12H14F3NO2S2. The second-order valence-corrected chi connectivity index (χ2v) is 6.63. The summed E-state index contributed by atoms with van der Waals surface area (Å²) in [6.45, 7) is 1.92. The SMILES string of the molecule is CCC(SC)C1SC2=C(C=CC(=O)C2)N1OC(F)(F)F. The van der Waals surface area contributed by atoms with Crippen molar-refractivity contribution in [1.82, 2.24) is 5.06 Å². The minimum atomic E-state index is -4.74. The Morgan fingerprint density at radius 2 is 2.25 bits per heavy atom. The third kappa shape index (κ3) is 3.35. The summed E-state index contributed by atoms with van der Waals surface area (Å²) in [5.41, 5.74) is 0.351. The lowest BCUT2D eigenvalue weighted by Crippen LogP contribution is -2.39. The Balaban J connectivity index is 2.27. The molecule has 1 aliphatic heterocycles. The molecular weight excluding hydrogens is 311 g/mol. The molecule has 1 heterocycles. The predicted octanol–water partition coefficient (Wildman–Crippen LogP) is 3.69. The summed E-state index contributed by atoms with van der Waals surface area (Å²) >= 11 is 2.79. The Morgan fingerprint density at radius 1 is 1.55 bits per heavy atom. The fourth-order valence-corrected chi connectivity index (χ4v) is 4.70. The van der Waals surface area contributed by atoms with E-state index in [0.717, 1.165) is 11.5 Å². The Kier molecular flexibility index (Phi) is 4.76. The third-order valence-corrected chi connectivity index (χ3v) is 5.77. The van der Waals surface area contributed by atoms with Crippen molar-refractivity contribution in [3.63, 3.8) is 0 Å². The van der Waals surface area contributed by atoms with Crippen LogP contribution in [0.15, 0.2) is 22.8 Å². The van der Waals surface area contributed by atoms with Crippen molar-refractivity contribution in [3.05, 3.63) is 22.8 Å². The molecule has 0 fully saturated rings. The molecule has 2 unspecified atom stereocenters. The van der Waals surface area contributed by atoms with Crippen LogP contribution in [-0.2, 0) is 9.63 Å². The van der Waals surface area contributed by atoms with E-state index in [9.17, 15) is 18.0 Å². The molecule has 0 radical (unpaired) electrons. The van der Waals surface area contributed by atoms with E-state index in [0.29, 0.717) is 10.6 Å². The fourth-order valence-electron chi connectivity index (χ4n) is 2.13. The van der Waals surface area contributed by atoms with Gasteiger partial charge in [-0.25, -0.2) is 5.06 Å². The molecule has 2 rings (SSSR count). The van der Waals surface area contributed by atoms with Crippen molar-refractivity contribution in [2.75, 3.05) is 6.26 Å². The number of rotatable bonds is 4. The van der Waals surface area contributed by atoms with E-state index < -0.39 is 11.7 Å². The fraction of sp³-hybridized carbons (Fsp3) is 0.583. The van der Waals surface area contributed by atoms with Crippen molar-refractivity contribution in [1.29, 1.82) is 0 Å². The number of ketones is 1. The molecule has 2 aliphatic rings. The maximum Gasteiger partial charge on any atom is 0.544 e. The van der Waals surface area contributed by atoms with Crippen LogP contribution in [0.2, 0.25) is 0 Å². The van der Waals surface area contributed by atoms with Crippen molar-refractivity contribution >= 4 is 29.3 Å². The van der Waals surface area contributed by atoms with Crippen LogP contribution in [0, 0.1) is 0 Å². The molecule has 2 atom stereocenters. The molecule has 20 heavy (non-hydrogen) atoms. The maximum absolute atomic E-state index is 12.6. The molecule has 0 amide bonds. The second-order valence-electron chi connectivity index (χ2n) is 4.34. The number of thioether (sulfide) groups is 2. The molecule has 0 aromatic rings. The molecule has 112 valence electrons. The van der Waals surface area contributed by atoms with Crippen LogP contribution >= 0.6 is 23.5 Å². The minimum absolute atomic E-state index is 0.0172. The van der Waals surface area contributed by atoms with E-state index in [-0.39, 0.29) is 17.5 Å². The van der Waals surface area contributed by atoms with Crippen LogP contribution in [0.3, 0.4) is 0 Å². The van der Waals surface area contributed by atoms with Crippen molar-refractivity contribution < 1.29 is 22.8 Å². The first-order valence-electron chi connectivity index (χ1n) is 6.04. The monoisotopic (exact) mass is 325 g/mol. The maximum atomic E-state index is 12.6. The average Bonchev–Trinajstić information content (AvgIpc) is 2.67. The number of carbonyl (C=O) groups excluding carboxylic acids is 1. The van der Waals surface area contributed by atoms with Crippen molar-refractivity contribution in [2.24, 2.45) is 0 Å². The highest BCUT2D eigenvalue weighted by Gasteiger charge is 2.44. The van der Waals surface area contributed by atoms with Gasteiger partial charge in [-0.1, -0.05) is 18.7 Å². The number of allylic oxidation sites excluding steroid dienone is 3. The normalized spacial score (nSPS) is 24.4. The number of halogens is 3. The van der Waals surface area contributed by atoms with Gasteiger partial charge in [0.2, 0.25) is 0 Å². The van der Waals surface area contributed by atoms with E-state index in [1.54, 1.807) is 0 Å². The number of nitrogens with zero attached hydrogens (tertiary/aromatic N) is 1. The van der Waals surface area contributed by atoms with E-state index in [4.69, 9.17) is 0 Å². The molecule has 0 saturated carbocycles. The van der Waals surface area contributed by atoms with E-state index >= 15 is 0 Å². The van der Waals surface area contributed by atoms with Gasteiger partial charge in [0, 0.05) is 16.6 Å². The van der Waals surface area contributed by atoms with Crippen LogP contribution in [-0.4, -0.2) is 34.1 Å². The number of carbonyl (C=O) groups is 1. The molecule has 0 aromatic heterocycles. The standard InChI is InChI=1S/C12H14F3NO2S2/c1-3-9(19-2)11-16(18-12(13,14)15)8-5-4-7(17)6-10(8)20-11/h4-5,9,11H,3,6H2,1-2H3. The summed E-state index contributed by atoms with van der Waals surface area (Å²) in [7, 11) is 0. The lowest BCUT2D eigenvalue weighted by Gasteiger charge is -2.31. The van der Waals surface area contributed by atoms with Gasteiger partial charge in [-0.2, -0.15) is 16.6 Å². The number of alkyl halides is 3. The average molecular weight is 325 g/mol. The molecule has 0 bridgehead atoms. The Labute approximate surface area is 123 Å². The molecule has 0 aromatic carbocycles. The summed E-state index contributed by atoms with van der Waals surface area (Å²) in [6, 6.07) is 0. The van der Waals surface area contributed by atoms with Crippen LogP contribution in [0.25, 0.3) is 0 Å². The zero-order valence-corrected chi connectivity index (χ0v) is 12.6. The molecule has 0 spiro atoms. The van der Waals surface area contributed by atoms with Crippen LogP contribution in [0.5, 0.6) is 0 Å². The van der Waals surface area contributed by atoms with Gasteiger partial charge in [-0.3, -0.25) is 4.79 Å². The van der Waals surface area contributed by atoms with Gasteiger partial charge in [0.15, 0.2) is 5.78 Å². The Bertz CT molecular complexity index is 458.